The average Bonchev–Trinajstić information content (AvgIpc) is 2.91. The molecule has 3 rings (SSSR count). The second-order valence-corrected chi connectivity index (χ2v) is 9.99. The maximum absolute atomic E-state index is 11.9. The lowest BCUT2D eigenvalue weighted by Gasteiger charge is -2.42. The van der Waals surface area contributed by atoms with Crippen LogP contribution in [0.2, 0.25) is 0 Å². The predicted octanol–water partition coefficient (Wildman–Crippen LogP) is -6.72. The first-order valence-corrected chi connectivity index (χ1v) is 12.4. The molecule has 0 saturated carbocycles. The van der Waals surface area contributed by atoms with Gasteiger partial charge in [-0.3, -0.25) is 0 Å². The summed E-state index contributed by atoms with van der Waals surface area (Å²) in [5.41, 5.74) is 0. The molecule has 3 aliphatic heterocycles. The Hall–Kier alpha value is -2.11. The van der Waals surface area contributed by atoms with Gasteiger partial charge < -0.3 is 79.9 Å². The first-order chi connectivity index (χ1) is 19.2. The van der Waals surface area contributed by atoms with Crippen molar-refractivity contribution >= 4 is 17.9 Å². The molecule has 3 saturated heterocycles. The van der Waals surface area contributed by atoms with E-state index in [1.807, 2.05) is 0 Å². The van der Waals surface area contributed by atoms with E-state index >= 15 is 0 Å². The van der Waals surface area contributed by atoms with E-state index in [0.29, 0.717) is 0 Å². The number of hydrogen-bond donors (Lipinski definition) is 11. The Balaban J connectivity index is 1.58. The molecular formula is C22H34O19. The lowest BCUT2D eigenvalue weighted by molar-refractivity contribution is -0.275. The second-order valence-electron chi connectivity index (χ2n) is 9.99. The molecule has 19 heteroatoms. The van der Waals surface area contributed by atoms with E-state index in [2.05, 4.69) is 0 Å². The van der Waals surface area contributed by atoms with Gasteiger partial charge in [0.1, 0.15) is 42.7 Å². The first-order valence-electron chi connectivity index (χ1n) is 12.4. The SMILES string of the molecule is O=C(O)C1OC(COCC2C(C(=O)O)OC(COCC3C(C(=O)O)OC(O)C(O)C3O)C(O)C2O)C(O)C(O)C1O. The van der Waals surface area contributed by atoms with Gasteiger partial charge in [0.05, 0.1) is 38.6 Å². The van der Waals surface area contributed by atoms with Crippen molar-refractivity contribution in [2.24, 2.45) is 11.8 Å². The highest BCUT2D eigenvalue weighted by molar-refractivity contribution is 5.74. The molecule has 3 heterocycles. The third-order valence-electron chi connectivity index (χ3n) is 7.26. The third kappa shape index (κ3) is 7.28. The lowest BCUT2D eigenvalue weighted by Crippen LogP contribution is -2.61. The topological polar surface area (TPSA) is 320 Å². The van der Waals surface area contributed by atoms with E-state index in [-0.39, 0.29) is 0 Å². The quantitative estimate of drug-likeness (QED) is 0.105. The minimum Gasteiger partial charge on any atom is -0.479 e. The molecule has 19 nitrogen and oxygen atoms in total. The summed E-state index contributed by atoms with van der Waals surface area (Å²) < 4.78 is 25.8. The molecular weight excluding hydrogens is 568 g/mol. The fourth-order valence-corrected chi connectivity index (χ4v) is 4.88. The molecule has 11 N–H and O–H groups in total. The van der Waals surface area contributed by atoms with Crippen LogP contribution in [0.15, 0.2) is 0 Å². The second kappa shape index (κ2) is 13.9. The zero-order chi connectivity index (χ0) is 30.8. The molecule has 15 unspecified atom stereocenters. The van der Waals surface area contributed by atoms with Crippen LogP contribution in [0.5, 0.6) is 0 Å². The highest BCUT2D eigenvalue weighted by Gasteiger charge is 2.50. The van der Waals surface area contributed by atoms with Gasteiger partial charge in [0.15, 0.2) is 24.6 Å². The van der Waals surface area contributed by atoms with E-state index in [1.54, 1.807) is 0 Å². The van der Waals surface area contributed by atoms with Crippen molar-refractivity contribution in [1.82, 2.24) is 0 Å². The van der Waals surface area contributed by atoms with Crippen molar-refractivity contribution < 1.29 is 94.2 Å². The van der Waals surface area contributed by atoms with Crippen molar-refractivity contribution in [3.63, 3.8) is 0 Å². The molecule has 3 aliphatic rings. The van der Waals surface area contributed by atoms with Crippen molar-refractivity contribution in [2.45, 2.75) is 79.5 Å². The molecule has 0 bridgehead atoms. The van der Waals surface area contributed by atoms with E-state index in [0.717, 1.165) is 0 Å². The number of hydrogen-bond acceptors (Lipinski definition) is 16. The fraction of sp³-hybridized carbons (Fsp3) is 0.864. The number of carboxylic acids is 3. The molecule has 0 aromatic carbocycles. The van der Waals surface area contributed by atoms with Gasteiger partial charge in [-0.05, 0) is 0 Å². The molecule has 0 aromatic heterocycles. The van der Waals surface area contributed by atoms with E-state index in [9.17, 15) is 65.4 Å². The van der Waals surface area contributed by atoms with E-state index in [4.69, 9.17) is 28.8 Å². The Labute approximate surface area is 230 Å². The van der Waals surface area contributed by atoms with Gasteiger partial charge in [-0.1, -0.05) is 0 Å². The van der Waals surface area contributed by atoms with Gasteiger partial charge in [0.2, 0.25) is 0 Å². The van der Waals surface area contributed by atoms with Crippen LogP contribution in [-0.4, -0.2) is 180 Å². The number of carboxylic acid groups (broad SMARTS) is 3. The van der Waals surface area contributed by atoms with E-state index < -0.39 is 136 Å². The Morgan fingerprint density at radius 2 is 0.854 bits per heavy atom. The summed E-state index contributed by atoms with van der Waals surface area (Å²) in [6.07, 6.45) is -23.1. The zero-order valence-corrected chi connectivity index (χ0v) is 21.2. The molecule has 0 amide bonds. The molecule has 0 aliphatic carbocycles. The first kappa shape index (κ1) is 33.4. The normalized spacial score (nSPS) is 45.2. The number of ether oxygens (including phenoxy) is 5. The summed E-state index contributed by atoms with van der Waals surface area (Å²) in [4.78, 5) is 34.5. The molecule has 0 aromatic rings. The van der Waals surface area contributed by atoms with Crippen LogP contribution in [0.4, 0.5) is 0 Å². The Bertz CT molecular complexity index is 917. The number of aliphatic carboxylic acids is 3. The monoisotopic (exact) mass is 602 g/mol. The van der Waals surface area contributed by atoms with Crippen LogP contribution in [0.3, 0.4) is 0 Å². The Morgan fingerprint density at radius 3 is 1.32 bits per heavy atom. The number of rotatable bonds is 11. The smallest absolute Gasteiger partial charge is 0.335 e. The number of carbonyl (C=O) groups is 3. The largest absolute Gasteiger partial charge is 0.479 e. The van der Waals surface area contributed by atoms with Crippen LogP contribution >= 0.6 is 0 Å². The standard InChI is InChI=1S/C22H34O19/c23-9-5(1-37-4-8-12(26)13(27)14(28)18(40-8)21(34)35)16(19(30)31)39-7(11(9)25)3-38-2-6-10(24)15(29)22(36)41-17(6)20(32)33/h5-18,22-29,36H,1-4H2,(H,30,31)(H,32,33)(H,34,35). The Kier molecular flexibility index (Phi) is 11.3. The maximum Gasteiger partial charge on any atom is 0.335 e. The maximum atomic E-state index is 11.9. The van der Waals surface area contributed by atoms with Gasteiger partial charge in [0.25, 0.3) is 0 Å². The van der Waals surface area contributed by atoms with Gasteiger partial charge in [-0.2, -0.15) is 0 Å². The fourth-order valence-electron chi connectivity index (χ4n) is 4.88. The molecule has 236 valence electrons. The number of aliphatic hydroxyl groups is 8. The van der Waals surface area contributed by atoms with Gasteiger partial charge >= 0.3 is 17.9 Å². The van der Waals surface area contributed by atoms with Gasteiger partial charge in [-0.15, -0.1) is 0 Å². The van der Waals surface area contributed by atoms with Crippen LogP contribution in [0, 0.1) is 11.8 Å². The van der Waals surface area contributed by atoms with Crippen LogP contribution in [0.1, 0.15) is 0 Å². The lowest BCUT2D eigenvalue weighted by atomic mass is 9.87. The Morgan fingerprint density at radius 1 is 0.463 bits per heavy atom. The molecule has 0 radical (unpaired) electrons. The van der Waals surface area contributed by atoms with Crippen LogP contribution in [-0.2, 0) is 38.1 Å². The molecule has 3 fully saturated rings. The van der Waals surface area contributed by atoms with Gasteiger partial charge in [-0.25, -0.2) is 14.4 Å². The highest BCUT2D eigenvalue weighted by atomic mass is 16.6. The highest BCUT2D eigenvalue weighted by Crippen LogP contribution is 2.30. The summed E-state index contributed by atoms with van der Waals surface area (Å²) in [5.74, 6) is -7.56. The summed E-state index contributed by atoms with van der Waals surface area (Å²) in [6, 6.07) is 0. The third-order valence-corrected chi connectivity index (χ3v) is 7.26. The minimum absolute atomic E-state index is 0.601. The predicted molar refractivity (Wildman–Crippen MR) is 122 cm³/mol. The van der Waals surface area contributed by atoms with Crippen molar-refractivity contribution in [2.75, 3.05) is 26.4 Å². The zero-order valence-electron chi connectivity index (χ0n) is 21.2. The molecule has 0 spiro atoms. The summed E-state index contributed by atoms with van der Waals surface area (Å²) in [5, 5.41) is 108. The van der Waals surface area contributed by atoms with Gasteiger partial charge in [0, 0.05) is 11.8 Å². The van der Waals surface area contributed by atoms with Crippen LogP contribution < -0.4 is 0 Å². The summed E-state index contributed by atoms with van der Waals surface area (Å²) >= 11 is 0. The van der Waals surface area contributed by atoms with Crippen molar-refractivity contribution in [3.05, 3.63) is 0 Å². The van der Waals surface area contributed by atoms with Crippen molar-refractivity contribution in [1.29, 1.82) is 0 Å². The molecule has 15 atom stereocenters. The average molecular weight is 602 g/mol. The molecule has 41 heavy (non-hydrogen) atoms. The van der Waals surface area contributed by atoms with Crippen molar-refractivity contribution in [3.8, 4) is 0 Å². The number of aliphatic hydroxyl groups excluding tert-OH is 8. The summed E-state index contributed by atoms with van der Waals surface area (Å²) in [7, 11) is 0. The summed E-state index contributed by atoms with van der Waals surface area (Å²) in [6.45, 7) is -2.43. The van der Waals surface area contributed by atoms with Crippen LogP contribution in [0.25, 0.3) is 0 Å². The van der Waals surface area contributed by atoms with E-state index in [1.165, 1.54) is 0 Å². The minimum atomic E-state index is -1.97.